The number of benzene rings is 2. The lowest BCUT2D eigenvalue weighted by atomic mass is 10.1. The standard InChI is InChI=1S/C15H18N2O3S/c16-15-6-4-12(5-7-15)11-21(19,20)17-9-13-2-1-3-14(8-13)10-18/h1-8,17-18H,9-11,16H2. The lowest BCUT2D eigenvalue weighted by Gasteiger charge is -2.08. The minimum absolute atomic E-state index is 0.0635. The van der Waals surface area contributed by atoms with Crippen molar-refractivity contribution in [3.63, 3.8) is 0 Å². The average molecular weight is 306 g/mol. The molecule has 4 N–H and O–H groups in total. The molecule has 5 nitrogen and oxygen atoms in total. The van der Waals surface area contributed by atoms with E-state index in [9.17, 15) is 8.42 Å². The van der Waals surface area contributed by atoms with Crippen molar-refractivity contribution in [3.8, 4) is 0 Å². The van der Waals surface area contributed by atoms with Crippen molar-refractivity contribution in [1.82, 2.24) is 4.72 Å². The molecule has 0 aliphatic carbocycles. The summed E-state index contributed by atoms with van der Waals surface area (Å²) >= 11 is 0. The summed E-state index contributed by atoms with van der Waals surface area (Å²) < 4.78 is 26.6. The largest absolute Gasteiger partial charge is 0.399 e. The predicted molar refractivity (Wildman–Crippen MR) is 82.7 cm³/mol. The summed E-state index contributed by atoms with van der Waals surface area (Å²) in [5.74, 6) is -0.0903. The maximum absolute atomic E-state index is 12.0. The van der Waals surface area contributed by atoms with E-state index in [-0.39, 0.29) is 18.9 Å². The lowest BCUT2D eigenvalue weighted by Crippen LogP contribution is -2.24. The highest BCUT2D eigenvalue weighted by Gasteiger charge is 2.11. The van der Waals surface area contributed by atoms with Gasteiger partial charge in [-0.05, 0) is 28.8 Å². The zero-order valence-corrected chi connectivity index (χ0v) is 12.3. The van der Waals surface area contributed by atoms with Crippen molar-refractivity contribution >= 4 is 15.7 Å². The Morgan fingerprint density at radius 1 is 1.00 bits per heavy atom. The molecule has 0 aliphatic rings. The first-order chi connectivity index (χ1) is 9.98. The van der Waals surface area contributed by atoms with E-state index in [4.69, 9.17) is 10.8 Å². The van der Waals surface area contributed by atoms with Crippen LogP contribution in [0.2, 0.25) is 0 Å². The molecule has 0 saturated heterocycles. The first-order valence-corrected chi connectivity index (χ1v) is 8.14. The van der Waals surface area contributed by atoms with Crippen LogP contribution in [-0.4, -0.2) is 13.5 Å². The van der Waals surface area contributed by atoms with E-state index >= 15 is 0 Å². The van der Waals surface area contributed by atoms with Gasteiger partial charge in [-0.15, -0.1) is 0 Å². The normalized spacial score (nSPS) is 11.5. The summed E-state index contributed by atoms with van der Waals surface area (Å²) in [6, 6.07) is 13.9. The van der Waals surface area contributed by atoms with Crippen molar-refractivity contribution in [2.45, 2.75) is 18.9 Å². The molecule has 21 heavy (non-hydrogen) atoms. The Labute approximate surface area is 124 Å². The monoisotopic (exact) mass is 306 g/mol. The lowest BCUT2D eigenvalue weighted by molar-refractivity contribution is 0.281. The van der Waals surface area contributed by atoms with Crippen LogP contribution >= 0.6 is 0 Å². The van der Waals surface area contributed by atoms with E-state index in [0.29, 0.717) is 11.3 Å². The number of nitrogens with two attached hydrogens (primary N) is 1. The number of aliphatic hydroxyl groups excluding tert-OH is 1. The third kappa shape index (κ3) is 4.86. The van der Waals surface area contributed by atoms with Crippen molar-refractivity contribution in [2.75, 3.05) is 5.73 Å². The van der Waals surface area contributed by atoms with Gasteiger partial charge >= 0.3 is 0 Å². The van der Waals surface area contributed by atoms with Crippen LogP contribution in [0.1, 0.15) is 16.7 Å². The number of hydrogen-bond donors (Lipinski definition) is 3. The maximum atomic E-state index is 12.0. The second kappa shape index (κ2) is 6.71. The minimum Gasteiger partial charge on any atom is -0.399 e. The zero-order valence-electron chi connectivity index (χ0n) is 11.5. The molecule has 0 heterocycles. The third-order valence-corrected chi connectivity index (χ3v) is 4.30. The van der Waals surface area contributed by atoms with Crippen LogP contribution in [0.3, 0.4) is 0 Å². The smallest absolute Gasteiger partial charge is 0.216 e. The van der Waals surface area contributed by atoms with Gasteiger partial charge < -0.3 is 10.8 Å². The highest BCUT2D eigenvalue weighted by atomic mass is 32.2. The molecule has 0 radical (unpaired) electrons. The molecule has 0 fully saturated rings. The quantitative estimate of drug-likeness (QED) is 0.703. The van der Waals surface area contributed by atoms with Crippen molar-refractivity contribution in [1.29, 1.82) is 0 Å². The molecule has 0 saturated carbocycles. The number of sulfonamides is 1. The van der Waals surface area contributed by atoms with E-state index < -0.39 is 10.0 Å². The minimum atomic E-state index is -3.42. The van der Waals surface area contributed by atoms with Gasteiger partial charge in [0.05, 0.1) is 12.4 Å². The highest BCUT2D eigenvalue weighted by Crippen LogP contribution is 2.10. The predicted octanol–water partition coefficient (Wildman–Crippen LogP) is 1.38. The first-order valence-electron chi connectivity index (χ1n) is 6.49. The van der Waals surface area contributed by atoms with Crippen LogP contribution in [-0.2, 0) is 28.9 Å². The SMILES string of the molecule is Nc1ccc(CS(=O)(=O)NCc2cccc(CO)c2)cc1. The summed E-state index contributed by atoms with van der Waals surface area (Å²) in [5, 5.41) is 9.06. The van der Waals surface area contributed by atoms with Crippen LogP contribution in [0.4, 0.5) is 5.69 Å². The fraction of sp³-hybridized carbons (Fsp3) is 0.200. The van der Waals surface area contributed by atoms with Crippen LogP contribution in [0.15, 0.2) is 48.5 Å². The Morgan fingerprint density at radius 3 is 2.33 bits per heavy atom. The number of hydrogen-bond acceptors (Lipinski definition) is 4. The average Bonchev–Trinajstić information content (AvgIpc) is 2.48. The molecule has 0 atom stereocenters. The molecule has 6 heteroatoms. The van der Waals surface area contributed by atoms with Gasteiger partial charge in [0.1, 0.15) is 0 Å². The molecule has 2 aromatic rings. The fourth-order valence-corrected chi connectivity index (χ4v) is 3.04. The molecule has 0 aromatic heterocycles. The van der Waals surface area contributed by atoms with Gasteiger partial charge in [-0.1, -0.05) is 36.4 Å². The molecule has 0 unspecified atom stereocenters. The first kappa shape index (κ1) is 15.5. The van der Waals surface area contributed by atoms with Crippen LogP contribution in [0.25, 0.3) is 0 Å². The Bertz CT molecular complexity index is 697. The van der Waals surface area contributed by atoms with E-state index in [1.165, 1.54) is 0 Å². The Hall–Kier alpha value is -1.89. The van der Waals surface area contributed by atoms with Crippen molar-refractivity contribution < 1.29 is 13.5 Å². The molecule has 112 valence electrons. The van der Waals surface area contributed by atoms with Gasteiger partial charge in [-0.3, -0.25) is 0 Å². The fourth-order valence-electron chi connectivity index (χ4n) is 1.92. The highest BCUT2D eigenvalue weighted by molar-refractivity contribution is 7.88. The summed E-state index contributed by atoms with van der Waals surface area (Å²) in [6.07, 6.45) is 0. The Morgan fingerprint density at radius 2 is 1.67 bits per heavy atom. The molecular weight excluding hydrogens is 288 g/mol. The number of aliphatic hydroxyl groups is 1. The number of rotatable bonds is 6. The Kier molecular flexibility index (Phi) is 4.95. The molecular formula is C15H18N2O3S. The number of nitrogens with one attached hydrogen (secondary N) is 1. The van der Waals surface area contributed by atoms with Gasteiger partial charge in [0.15, 0.2) is 0 Å². The van der Waals surface area contributed by atoms with Gasteiger partial charge in [0.25, 0.3) is 0 Å². The number of anilines is 1. The van der Waals surface area contributed by atoms with Crippen molar-refractivity contribution in [3.05, 3.63) is 65.2 Å². The third-order valence-electron chi connectivity index (χ3n) is 3.01. The second-order valence-electron chi connectivity index (χ2n) is 4.80. The van der Waals surface area contributed by atoms with Gasteiger partial charge in [-0.2, -0.15) is 0 Å². The van der Waals surface area contributed by atoms with E-state index in [1.807, 2.05) is 6.07 Å². The zero-order chi connectivity index (χ0) is 15.3. The summed E-state index contributed by atoms with van der Waals surface area (Å²) in [4.78, 5) is 0. The summed E-state index contributed by atoms with van der Waals surface area (Å²) in [7, 11) is -3.42. The van der Waals surface area contributed by atoms with Gasteiger partial charge in [0.2, 0.25) is 10.0 Å². The van der Waals surface area contributed by atoms with E-state index in [1.54, 1.807) is 42.5 Å². The van der Waals surface area contributed by atoms with Crippen LogP contribution in [0, 0.1) is 0 Å². The summed E-state index contributed by atoms with van der Waals surface area (Å²) in [5.41, 5.74) is 8.41. The maximum Gasteiger partial charge on any atom is 0.216 e. The van der Waals surface area contributed by atoms with Gasteiger partial charge in [-0.25, -0.2) is 13.1 Å². The topological polar surface area (TPSA) is 92.4 Å². The van der Waals surface area contributed by atoms with Crippen LogP contribution < -0.4 is 10.5 Å². The van der Waals surface area contributed by atoms with Crippen molar-refractivity contribution in [2.24, 2.45) is 0 Å². The molecule has 0 aliphatic heterocycles. The summed E-state index contributed by atoms with van der Waals surface area (Å²) in [6.45, 7) is 0.136. The van der Waals surface area contributed by atoms with E-state index in [2.05, 4.69) is 4.72 Å². The van der Waals surface area contributed by atoms with E-state index in [0.717, 1.165) is 11.1 Å². The molecule has 0 spiro atoms. The van der Waals surface area contributed by atoms with Gasteiger partial charge in [0, 0.05) is 12.2 Å². The molecule has 2 rings (SSSR count). The Balaban J connectivity index is 1.99. The molecule has 0 bridgehead atoms. The number of nitrogen functional groups attached to an aromatic ring is 1. The molecule has 0 amide bonds. The molecule has 2 aromatic carbocycles. The van der Waals surface area contributed by atoms with Crippen LogP contribution in [0.5, 0.6) is 0 Å². The second-order valence-corrected chi connectivity index (χ2v) is 6.61.